The van der Waals surface area contributed by atoms with Crippen molar-refractivity contribution in [2.75, 3.05) is 79.9 Å². The zero-order valence-corrected chi connectivity index (χ0v) is 39.0. The highest BCUT2D eigenvalue weighted by molar-refractivity contribution is 6.17. The Labute approximate surface area is 401 Å². The average molecular weight is 935 g/mol. The lowest BCUT2D eigenvalue weighted by molar-refractivity contribution is -0.134. The molecule has 2 bridgehead atoms. The number of nitrogens with zero attached hydrogens (tertiary/aromatic N) is 5. The molecule has 1 saturated carbocycles. The summed E-state index contributed by atoms with van der Waals surface area (Å²) in [5.41, 5.74) is 3.88. The molecule has 3 N–H and O–H groups in total. The normalized spacial score (nSPS) is 22.6. The number of aromatic nitrogens is 1. The van der Waals surface area contributed by atoms with Gasteiger partial charge in [0.1, 0.15) is 28.5 Å². The second-order valence-corrected chi connectivity index (χ2v) is 20.1. The van der Waals surface area contributed by atoms with Gasteiger partial charge in [-0.3, -0.25) is 39.3 Å². The van der Waals surface area contributed by atoms with Crippen LogP contribution in [0.2, 0.25) is 0 Å². The molecule has 5 aliphatic heterocycles. The number of anilines is 4. The van der Waals surface area contributed by atoms with Crippen LogP contribution in [0, 0.1) is 23.1 Å². The first kappa shape index (κ1) is 44.9. The monoisotopic (exact) mass is 934 g/mol. The number of piperidine rings is 2. The number of nitrogens with one attached hydrogen (secondary N) is 3. The van der Waals surface area contributed by atoms with Crippen LogP contribution in [0.15, 0.2) is 97.2 Å². The molecule has 1 aromatic heterocycles. The number of methoxy groups -OCH3 is 1. The zero-order valence-electron chi connectivity index (χ0n) is 39.0. The topological polar surface area (TPSA) is 149 Å². The number of benzene rings is 4. The van der Waals surface area contributed by atoms with Crippen molar-refractivity contribution in [3.8, 4) is 17.2 Å². The maximum Gasteiger partial charge on any atom is 0.240 e. The van der Waals surface area contributed by atoms with E-state index in [4.69, 9.17) is 14.5 Å². The minimum atomic E-state index is -1.16. The first-order valence-corrected chi connectivity index (χ1v) is 24.6. The van der Waals surface area contributed by atoms with Crippen LogP contribution in [-0.2, 0) is 19.2 Å². The minimum Gasteiger partial charge on any atom is -0.495 e. The van der Waals surface area contributed by atoms with E-state index >= 15 is 0 Å². The molecule has 6 fully saturated rings. The third-order valence-electron chi connectivity index (χ3n) is 15.7. The lowest BCUT2D eigenvalue weighted by atomic mass is 9.90. The van der Waals surface area contributed by atoms with E-state index in [9.17, 15) is 23.6 Å². The van der Waals surface area contributed by atoms with Crippen LogP contribution in [0.3, 0.4) is 0 Å². The number of hydrogen-bond donors (Lipinski definition) is 3. The molecule has 4 aromatic carbocycles. The van der Waals surface area contributed by atoms with E-state index in [0.717, 1.165) is 66.9 Å². The quantitative estimate of drug-likeness (QED) is 0.0706. The molecule has 3 atom stereocenters. The second-order valence-electron chi connectivity index (χ2n) is 20.1. The summed E-state index contributed by atoms with van der Waals surface area (Å²) in [5.74, 6) is 1.59. The van der Waals surface area contributed by atoms with E-state index in [2.05, 4.69) is 65.9 Å². The van der Waals surface area contributed by atoms with Crippen molar-refractivity contribution in [3.63, 3.8) is 0 Å². The second kappa shape index (κ2) is 18.7. The van der Waals surface area contributed by atoms with Gasteiger partial charge >= 0.3 is 0 Å². The first-order chi connectivity index (χ1) is 33.6. The van der Waals surface area contributed by atoms with E-state index in [1.807, 2.05) is 12.1 Å². The van der Waals surface area contributed by atoms with Crippen molar-refractivity contribution in [2.24, 2.45) is 17.3 Å². The molecule has 0 spiro atoms. The number of rotatable bonds is 15. The Morgan fingerprint density at radius 1 is 0.783 bits per heavy atom. The molecule has 14 nitrogen and oxygen atoms in total. The van der Waals surface area contributed by atoms with Crippen LogP contribution in [0.4, 0.5) is 27.1 Å². The van der Waals surface area contributed by atoms with Gasteiger partial charge < -0.3 is 29.9 Å². The van der Waals surface area contributed by atoms with Crippen molar-refractivity contribution in [1.82, 2.24) is 20.1 Å². The number of amides is 4. The molecule has 6 heterocycles. The van der Waals surface area contributed by atoms with Gasteiger partial charge in [0.2, 0.25) is 23.6 Å². The van der Waals surface area contributed by atoms with Gasteiger partial charge in [-0.05, 0) is 148 Å². The predicted octanol–water partition coefficient (Wildman–Crippen LogP) is 7.55. The summed E-state index contributed by atoms with van der Waals surface area (Å²) in [6.45, 7) is 8.79. The predicted molar refractivity (Wildman–Crippen MR) is 262 cm³/mol. The van der Waals surface area contributed by atoms with E-state index in [1.54, 1.807) is 37.6 Å². The number of piperazine rings is 1. The largest absolute Gasteiger partial charge is 0.495 e. The Morgan fingerprint density at radius 2 is 1.46 bits per heavy atom. The van der Waals surface area contributed by atoms with Gasteiger partial charge in [0.15, 0.2) is 0 Å². The summed E-state index contributed by atoms with van der Waals surface area (Å²) < 4.78 is 25.7. The molecule has 1 aliphatic carbocycles. The maximum atomic E-state index is 13.3. The third-order valence-corrected chi connectivity index (χ3v) is 15.7. The molecule has 1 unspecified atom stereocenters. The summed E-state index contributed by atoms with van der Waals surface area (Å²) in [6.07, 6.45) is 8.39. The van der Waals surface area contributed by atoms with Crippen LogP contribution in [0.5, 0.6) is 17.2 Å². The maximum absolute atomic E-state index is 13.3. The van der Waals surface area contributed by atoms with Gasteiger partial charge in [-0.15, -0.1) is 0 Å². The summed E-state index contributed by atoms with van der Waals surface area (Å²) in [4.78, 5) is 65.3. The summed E-state index contributed by atoms with van der Waals surface area (Å²) in [6, 6.07) is 28.2. The molecule has 11 rings (SSSR count). The number of halogens is 1. The SMILES string of the molecule is COc1cc2c(Oc3ccc(NC(=O)C4(C(=O)Nc5ccc(F)cc5)CC4)cc3)ccnc2cc1N1CCC(CN2C[C@@H]3C[C@H]2CN3CCC2CN(c3ccc(C4CCC(=O)NC4=O)cc3)C2)CC1. The fourth-order valence-electron chi connectivity index (χ4n) is 11.3. The molecule has 15 heteroatoms. The van der Waals surface area contributed by atoms with Crippen LogP contribution < -0.4 is 35.2 Å². The van der Waals surface area contributed by atoms with Gasteiger partial charge in [0.05, 0.1) is 24.2 Å². The van der Waals surface area contributed by atoms with Gasteiger partial charge in [-0.25, -0.2) is 4.39 Å². The molecule has 6 aliphatic rings. The first-order valence-electron chi connectivity index (χ1n) is 24.6. The summed E-state index contributed by atoms with van der Waals surface area (Å²) in [5, 5.41) is 8.93. The Bertz CT molecular complexity index is 2740. The lowest BCUT2D eigenvalue weighted by Crippen LogP contribution is -2.51. The highest BCUT2D eigenvalue weighted by atomic mass is 19.1. The van der Waals surface area contributed by atoms with E-state index in [-0.39, 0.29) is 23.6 Å². The van der Waals surface area contributed by atoms with Crippen molar-refractivity contribution in [2.45, 2.75) is 69.4 Å². The van der Waals surface area contributed by atoms with Gasteiger partial charge in [0.25, 0.3) is 0 Å². The molecule has 358 valence electrons. The lowest BCUT2D eigenvalue weighted by Gasteiger charge is -2.43. The van der Waals surface area contributed by atoms with Crippen molar-refractivity contribution in [1.29, 1.82) is 0 Å². The summed E-state index contributed by atoms with van der Waals surface area (Å²) >= 11 is 0. The fraction of sp³-hybridized carbons (Fsp3) is 0.426. The fourth-order valence-corrected chi connectivity index (χ4v) is 11.3. The van der Waals surface area contributed by atoms with Crippen molar-refractivity contribution < 1.29 is 33.0 Å². The van der Waals surface area contributed by atoms with Crippen LogP contribution in [0.25, 0.3) is 10.9 Å². The highest BCUT2D eigenvalue weighted by Gasteiger charge is 2.56. The molecule has 5 saturated heterocycles. The van der Waals surface area contributed by atoms with E-state index < -0.39 is 17.1 Å². The number of hydrogen-bond acceptors (Lipinski definition) is 11. The van der Waals surface area contributed by atoms with E-state index in [1.165, 1.54) is 69.0 Å². The van der Waals surface area contributed by atoms with Crippen LogP contribution >= 0.6 is 0 Å². The third kappa shape index (κ3) is 9.33. The Morgan fingerprint density at radius 3 is 2.12 bits per heavy atom. The van der Waals surface area contributed by atoms with Gasteiger partial charge in [-0.2, -0.15) is 0 Å². The Balaban J connectivity index is 0.627. The Hall–Kier alpha value is -6.58. The van der Waals surface area contributed by atoms with E-state index in [0.29, 0.717) is 72.5 Å². The van der Waals surface area contributed by atoms with Gasteiger partial charge in [0, 0.05) is 93.0 Å². The zero-order chi connectivity index (χ0) is 47.2. The molecular formula is C54H59FN8O6. The molecule has 4 amide bonds. The molecular weight excluding hydrogens is 876 g/mol. The number of imide groups is 1. The van der Waals surface area contributed by atoms with Gasteiger partial charge in [-0.1, -0.05) is 12.1 Å². The van der Waals surface area contributed by atoms with Crippen LogP contribution in [-0.4, -0.2) is 110 Å². The molecule has 69 heavy (non-hydrogen) atoms. The Kier molecular flexibility index (Phi) is 12.2. The number of ether oxygens (including phenoxy) is 2. The minimum absolute atomic E-state index is 0.176. The number of likely N-dealkylation sites (tertiary alicyclic amines) is 2. The van der Waals surface area contributed by atoms with Crippen LogP contribution in [0.1, 0.15) is 62.8 Å². The molecule has 0 radical (unpaired) electrons. The number of carbonyl (C=O) groups is 4. The molecule has 5 aromatic rings. The average Bonchev–Trinajstić information content (AvgIpc) is 3.95. The number of fused-ring (bicyclic) bond motifs is 3. The van der Waals surface area contributed by atoms with Crippen molar-refractivity contribution in [3.05, 3.63) is 109 Å². The smallest absolute Gasteiger partial charge is 0.240 e. The standard InChI is InChI=1S/C54H59FN8O6/c1-68-49-27-45-46(56-22-16-48(45)69-43-12-8-39(9-13-43)58-53(67)54(20-21-54)52(66)57-38-6-4-37(55)5-7-38)28-47(49)60-23-17-34(18-24-60)29-63-33-41-26-42(63)32-61(41)25-19-35-30-62(31-35)40-10-2-36(3-11-40)44-14-15-50(64)59-51(44)65/h2-13,16,22,27-28,34-35,41-42,44H,14-15,17-21,23-26,29-33H2,1H3,(H,57,66)(H,58,67)(H,59,64,65)/t41-,42-,44?/m0/s1. The highest BCUT2D eigenvalue weighted by Crippen LogP contribution is 2.48. The number of pyridine rings is 1. The number of carbonyl (C=O) groups excluding carboxylic acids is 4. The summed E-state index contributed by atoms with van der Waals surface area (Å²) in [7, 11) is 1.71. The van der Waals surface area contributed by atoms with Crippen molar-refractivity contribution >= 4 is 57.3 Å².